The first-order valence-corrected chi connectivity index (χ1v) is 8.51. The highest BCUT2D eigenvalue weighted by atomic mass is 32.2. The first-order valence-electron chi connectivity index (χ1n) is 3.93. The topological polar surface area (TPSA) is 68.3 Å². The van der Waals surface area contributed by atoms with Gasteiger partial charge < -0.3 is 0 Å². The van der Waals surface area contributed by atoms with Crippen molar-refractivity contribution in [2.75, 3.05) is 23.0 Å². The van der Waals surface area contributed by atoms with E-state index in [9.17, 15) is 16.8 Å². The van der Waals surface area contributed by atoms with E-state index < -0.39 is 19.7 Å². The molecule has 2 fully saturated rings. The van der Waals surface area contributed by atoms with Gasteiger partial charge in [-0.1, -0.05) is 0 Å². The largest absolute Gasteiger partial charge is 0.229 e. The van der Waals surface area contributed by atoms with Gasteiger partial charge in [0.25, 0.3) is 0 Å². The molecule has 0 amide bonds. The van der Waals surface area contributed by atoms with Gasteiger partial charge in [-0.3, -0.25) is 0 Å². The monoisotopic (exact) mass is 242 g/mol. The van der Waals surface area contributed by atoms with Crippen molar-refractivity contribution < 1.29 is 16.8 Å². The fourth-order valence-corrected chi connectivity index (χ4v) is 7.82. The van der Waals surface area contributed by atoms with Gasteiger partial charge in [0.2, 0.25) is 0 Å². The number of hydrogen-bond acceptors (Lipinski definition) is 5. The van der Waals surface area contributed by atoms with Gasteiger partial charge in [-0.15, -0.1) is 0 Å². The third kappa shape index (κ3) is 2.19. The highest BCUT2D eigenvalue weighted by Crippen LogP contribution is 2.33. The zero-order valence-electron chi connectivity index (χ0n) is 6.84. The lowest BCUT2D eigenvalue weighted by Gasteiger charge is -2.32. The second kappa shape index (κ2) is 2.87. The Hall–Kier alpha value is 0.250. The molecule has 0 atom stereocenters. The molecular formula is C6H10O4S3. The molecule has 13 heavy (non-hydrogen) atoms. The zero-order chi connectivity index (χ0) is 9.69. The van der Waals surface area contributed by atoms with Crippen LogP contribution < -0.4 is 0 Å². The van der Waals surface area contributed by atoms with Crippen LogP contribution in [0.1, 0.15) is 0 Å². The van der Waals surface area contributed by atoms with Crippen LogP contribution in [0.25, 0.3) is 0 Å². The fraction of sp³-hybridized carbons (Fsp3) is 1.00. The SMILES string of the molecule is O=S1(=O)CC(SC2CS(=O)(=O)C2)C1. The van der Waals surface area contributed by atoms with Crippen LogP contribution in [0.2, 0.25) is 0 Å². The molecule has 0 saturated carbocycles. The molecular weight excluding hydrogens is 232 g/mol. The predicted octanol–water partition coefficient (Wildman–Crippen LogP) is -0.686. The van der Waals surface area contributed by atoms with Crippen molar-refractivity contribution in [1.82, 2.24) is 0 Å². The summed E-state index contributed by atoms with van der Waals surface area (Å²) in [7, 11) is -5.52. The van der Waals surface area contributed by atoms with Crippen molar-refractivity contribution in [2.24, 2.45) is 0 Å². The average molecular weight is 242 g/mol. The Bertz CT molecular complexity index is 343. The summed E-state index contributed by atoms with van der Waals surface area (Å²) >= 11 is 1.52. The Morgan fingerprint density at radius 3 is 1.31 bits per heavy atom. The Balaban J connectivity index is 1.78. The van der Waals surface area contributed by atoms with Crippen LogP contribution >= 0.6 is 11.8 Å². The molecule has 2 rings (SSSR count). The molecule has 0 aromatic carbocycles. The van der Waals surface area contributed by atoms with Crippen molar-refractivity contribution >= 4 is 31.4 Å². The number of sulfone groups is 2. The molecule has 0 radical (unpaired) electrons. The fourth-order valence-electron chi connectivity index (χ4n) is 1.46. The highest BCUT2D eigenvalue weighted by Gasteiger charge is 2.41. The van der Waals surface area contributed by atoms with E-state index in [4.69, 9.17) is 0 Å². The van der Waals surface area contributed by atoms with E-state index in [2.05, 4.69) is 0 Å². The molecule has 0 aliphatic carbocycles. The normalized spacial score (nSPS) is 32.0. The molecule has 2 aliphatic heterocycles. The lowest BCUT2D eigenvalue weighted by molar-refractivity contribution is 0.580. The summed E-state index contributed by atoms with van der Waals surface area (Å²) in [6.45, 7) is 0. The minimum absolute atomic E-state index is 0.144. The van der Waals surface area contributed by atoms with Crippen molar-refractivity contribution in [2.45, 2.75) is 10.5 Å². The van der Waals surface area contributed by atoms with Crippen LogP contribution in [0.15, 0.2) is 0 Å². The van der Waals surface area contributed by atoms with Crippen molar-refractivity contribution in [1.29, 1.82) is 0 Å². The van der Waals surface area contributed by atoms with Gasteiger partial charge >= 0.3 is 0 Å². The van der Waals surface area contributed by atoms with Gasteiger partial charge in [0.05, 0.1) is 23.0 Å². The summed E-state index contributed by atoms with van der Waals surface area (Å²) < 4.78 is 43.1. The van der Waals surface area contributed by atoms with Crippen LogP contribution in [0.4, 0.5) is 0 Å². The first-order chi connectivity index (χ1) is 5.86. The van der Waals surface area contributed by atoms with Gasteiger partial charge in [-0.05, 0) is 0 Å². The van der Waals surface area contributed by atoms with Gasteiger partial charge in [0.15, 0.2) is 19.7 Å². The van der Waals surface area contributed by atoms with E-state index in [1.807, 2.05) is 0 Å². The van der Waals surface area contributed by atoms with E-state index in [0.29, 0.717) is 0 Å². The Kier molecular flexibility index (Phi) is 2.16. The molecule has 0 aromatic heterocycles. The molecule has 0 unspecified atom stereocenters. The number of hydrogen-bond donors (Lipinski definition) is 0. The molecule has 2 aliphatic rings. The van der Waals surface area contributed by atoms with E-state index in [-0.39, 0.29) is 33.5 Å². The minimum atomic E-state index is -2.76. The highest BCUT2D eigenvalue weighted by molar-refractivity contribution is 8.07. The smallest absolute Gasteiger partial charge is 0.152 e. The van der Waals surface area contributed by atoms with E-state index >= 15 is 0 Å². The van der Waals surface area contributed by atoms with Crippen LogP contribution in [0.3, 0.4) is 0 Å². The Morgan fingerprint density at radius 2 is 1.08 bits per heavy atom. The Labute approximate surface area is 81.9 Å². The molecule has 0 N–H and O–H groups in total. The third-order valence-corrected chi connectivity index (χ3v) is 8.07. The number of rotatable bonds is 2. The average Bonchev–Trinajstić information content (AvgIpc) is 1.78. The molecule has 4 nitrogen and oxygen atoms in total. The number of thioether (sulfide) groups is 1. The summed E-state index contributed by atoms with van der Waals surface area (Å²) in [4.78, 5) is 0. The summed E-state index contributed by atoms with van der Waals surface area (Å²) in [6, 6.07) is 0. The maximum absolute atomic E-state index is 10.8. The molecule has 0 spiro atoms. The van der Waals surface area contributed by atoms with Gasteiger partial charge in [-0.25, -0.2) is 16.8 Å². The van der Waals surface area contributed by atoms with Crippen molar-refractivity contribution in [3.63, 3.8) is 0 Å². The molecule has 0 bridgehead atoms. The molecule has 76 valence electrons. The summed E-state index contributed by atoms with van der Waals surface area (Å²) in [5.74, 6) is 0.921. The van der Waals surface area contributed by atoms with Crippen LogP contribution in [-0.4, -0.2) is 50.3 Å². The van der Waals surface area contributed by atoms with Crippen LogP contribution in [0, 0.1) is 0 Å². The standard InChI is InChI=1S/C6H10O4S3/c7-12(8)1-5(2-12)11-6-3-13(9,10)4-6/h5-6H,1-4H2. The second-order valence-corrected chi connectivity index (χ2v) is 9.45. The van der Waals surface area contributed by atoms with E-state index in [1.54, 1.807) is 0 Å². The van der Waals surface area contributed by atoms with Gasteiger partial charge in [-0.2, -0.15) is 11.8 Å². The summed E-state index contributed by atoms with van der Waals surface area (Å²) in [6.07, 6.45) is 0. The molecule has 7 heteroatoms. The molecule has 2 heterocycles. The second-order valence-electron chi connectivity index (χ2n) is 3.53. The predicted molar refractivity (Wildman–Crippen MR) is 52.5 cm³/mol. The van der Waals surface area contributed by atoms with Gasteiger partial charge in [0, 0.05) is 10.5 Å². The molecule has 2 saturated heterocycles. The van der Waals surface area contributed by atoms with E-state index in [1.165, 1.54) is 11.8 Å². The lowest BCUT2D eigenvalue weighted by Crippen LogP contribution is -2.45. The first kappa shape index (κ1) is 9.79. The van der Waals surface area contributed by atoms with E-state index in [0.717, 1.165) is 0 Å². The molecule has 0 aromatic rings. The minimum Gasteiger partial charge on any atom is -0.229 e. The quantitative estimate of drug-likeness (QED) is 0.641. The third-order valence-electron chi connectivity index (χ3n) is 2.14. The van der Waals surface area contributed by atoms with Crippen LogP contribution in [-0.2, 0) is 19.7 Å². The van der Waals surface area contributed by atoms with Gasteiger partial charge in [0.1, 0.15) is 0 Å². The van der Waals surface area contributed by atoms with Crippen LogP contribution in [0.5, 0.6) is 0 Å². The Morgan fingerprint density at radius 1 is 0.769 bits per heavy atom. The lowest BCUT2D eigenvalue weighted by atomic mass is 10.5. The zero-order valence-corrected chi connectivity index (χ0v) is 9.29. The maximum atomic E-state index is 10.8. The van der Waals surface area contributed by atoms with Crippen molar-refractivity contribution in [3.05, 3.63) is 0 Å². The maximum Gasteiger partial charge on any atom is 0.152 e. The summed E-state index contributed by atoms with van der Waals surface area (Å²) in [5.41, 5.74) is 0. The summed E-state index contributed by atoms with van der Waals surface area (Å²) in [5, 5.41) is 0.288. The van der Waals surface area contributed by atoms with Crippen molar-refractivity contribution in [3.8, 4) is 0 Å².